The minimum Gasteiger partial charge on any atom is -0.510 e. The number of phenolic OH excluding ortho intramolecular Hbond substituents is 1. The number of amides is 1. The topological polar surface area (TPSA) is 191 Å². The number of likely N-dealkylation sites (N-methyl/N-ethyl adjacent to an activating group) is 1. The van der Waals surface area contributed by atoms with Gasteiger partial charge in [0.1, 0.15) is 28.6 Å². The molecule has 41 heavy (non-hydrogen) atoms. The Morgan fingerprint density at radius 2 is 1.73 bits per heavy atom. The van der Waals surface area contributed by atoms with E-state index in [0.29, 0.717) is 17.9 Å². The average molecular weight is 565 g/mol. The zero-order valence-corrected chi connectivity index (χ0v) is 22.7. The van der Waals surface area contributed by atoms with Crippen LogP contribution in [0.15, 0.2) is 65.1 Å². The monoisotopic (exact) mass is 564 g/mol. The van der Waals surface area contributed by atoms with Gasteiger partial charge in [0.15, 0.2) is 11.4 Å². The van der Waals surface area contributed by atoms with Gasteiger partial charge in [0, 0.05) is 11.5 Å². The van der Waals surface area contributed by atoms with Crippen molar-refractivity contribution in [3.63, 3.8) is 0 Å². The largest absolute Gasteiger partial charge is 0.510 e. The fourth-order valence-electron chi connectivity index (χ4n) is 6.78. The summed E-state index contributed by atoms with van der Waals surface area (Å²) in [4.78, 5) is 41.0. The second-order valence-electron chi connectivity index (χ2n) is 10.9. The van der Waals surface area contributed by atoms with Gasteiger partial charge in [-0.3, -0.25) is 19.3 Å². The van der Waals surface area contributed by atoms with Gasteiger partial charge in [-0.25, -0.2) is 0 Å². The zero-order valence-electron chi connectivity index (χ0n) is 22.7. The van der Waals surface area contributed by atoms with E-state index in [1.807, 2.05) is 19.1 Å². The number of carbonyl (C=O) groups excluding carboxylic acids is 3. The highest BCUT2D eigenvalue weighted by Crippen LogP contribution is 2.56. The summed E-state index contributed by atoms with van der Waals surface area (Å²) in [6.45, 7) is 2.34. The van der Waals surface area contributed by atoms with Crippen molar-refractivity contribution in [2.45, 2.75) is 37.0 Å². The zero-order chi connectivity index (χ0) is 30.0. The Kier molecular flexibility index (Phi) is 6.93. The van der Waals surface area contributed by atoms with Crippen LogP contribution in [0.2, 0.25) is 0 Å². The van der Waals surface area contributed by atoms with Gasteiger partial charge in [-0.05, 0) is 62.7 Å². The minimum atomic E-state index is -2.96. The summed E-state index contributed by atoms with van der Waals surface area (Å²) in [5.74, 6) is -8.62. The van der Waals surface area contributed by atoms with Gasteiger partial charge in [0.25, 0.3) is 5.91 Å². The molecule has 216 valence electrons. The number of hydrogen-bond acceptors (Lipinski definition) is 10. The van der Waals surface area contributed by atoms with E-state index in [1.54, 1.807) is 24.3 Å². The fourth-order valence-corrected chi connectivity index (χ4v) is 6.78. The van der Waals surface area contributed by atoms with Crippen molar-refractivity contribution in [1.29, 1.82) is 0 Å². The smallest absolute Gasteiger partial charge is 0.255 e. The Labute approximate surface area is 235 Å². The van der Waals surface area contributed by atoms with Crippen LogP contribution >= 0.6 is 0 Å². The average Bonchev–Trinajstić information content (AvgIpc) is 2.91. The lowest BCUT2D eigenvalue weighted by Gasteiger charge is -2.53. The first-order chi connectivity index (χ1) is 19.4. The third-order valence-electron chi connectivity index (χ3n) is 8.49. The quantitative estimate of drug-likeness (QED) is 0.279. The minimum absolute atomic E-state index is 0.128. The number of fused-ring (bicyclic) bond motifs is 3. The van der Waals surface area contributed by atoms with Crippen molar-refractivity contribution < 1.29 is 44.7 Å². The molecule has 0 radical (unpaired) electrons. The molecule has 3 aliphatic rings. The summed E-state index contributed by atoms with van der Waals surface area (Å²) in [6, 6.07) is 10.4. The number of aliphatic hydroxyl groups excluding tert-OH is 3. The summed E-state index contributed by atoms with van der Waals surface area (Å²) in [7, 11) is 2.99. The van der Waals surface area contributed by atoms with Crippen LogP contribution < -0.4 is 10.5 Å². The number of hydrogen-bond donors (Lipinski definition) is 6. The molecule has 11 nitrogen and oxygen atoms in total. The highest BCUT2D eigenvalue weighted by Gasteiger charge is 2.67. The number of primary amides is 1. The van der Waals surface area contributed by atoms with Gasteiger partial charge in [0.05, 0.1) is 30.2 Å². The van der Waals surface area contributed by atoms with E-state index in [4.69, 9.17) is 10.5 Å². The lowest BCUT2D eigenvalue weighted by atomic mass is 9.54. The van der Waals surface area contributed by atoms with Crippen LogP contribution in [0.5, 0.6) is 11.5 Å². The van der Waals surface area contributed by atoms with Gasteiger partial charge in [0.2, 0.25) is 5.78 Å². The standard InChI is InChI=1S/C30H32N2O9/c1-4-41-14-10-8-13(9-11-14)12-16-15-6-5-7-17(33)18(15)24(34)20-19(16)25(35)22-23(32(2)3)26(36)21(29(31)39)28(38)30(22,40)27(20)37/h5-11,16,19,22-23,25,33,35-37,40H,4,12H2,1-3H3,(H2,31,39). The molecule has 7 N–H and O–H groups in total. The first-order valence-corrected chi connectivity index (χ1v) is 13.2. The molecule has 11 heteroatoms. The molecule has 0 fully saturated rings. The number of nitrogens with zero attached hydrogens (tertiary/aromatic N) is 1. The molecular formula is C30H32N2O9. The molecule has 1 amide bonds. The van der Waals surface area contributed by atoms with Crippen LogP contribution in [0.3, 0.4) is 0 Å². The van der Waals surface area contributed by atoms with E-state index in [9.17, 15) is 39.9 Å². The Morgan fingerprint density at radius 1 is 1.07 bits per heavy atom. The number of benzene rings is 2. The molecule has 0 heterocycles. The molecule has 0 spiro atoms. The van der Waals surface area contributed by atoms with E-state index in [1.165, 1.54) is 25.1 Å². The number of aromatic hydroxyl groups is 1. The van der Waals surface area contributed by atoms with Crippen molar-refractivity contribution in [3.8, 4) is 11.5 Å². The van der Waals surface area contributed by atoms with Crippen LogP contribution in [0.4, 0.5) is 0 Å². The normalized spacial score (nSPS) is 29.3. The SMILES string of the molecule is CCOc1ccc(CC2c3cccc(O)c3C(=O)C3=C(O)C4(O)C(=O)C(C(N)=O)=C(O)C(N(C)C)C4C(O)C32)cc1. The molecule has 0 saturated carbocycles. The second-order valence-corrected chi connectivity index (χ2v) is 10.9. The maximum atomic E-state index is 13.9. The molecule has 3 aliphatic carbocycles. The predicted octanol–water partition coefficient (Wildman–Crippen LogP) is 1.27. The lowest BCUT2D eigenvalue weighted by Crippen LogP contribution is -2.68. The molecular weight excluding hydrogens is 532 g/mol. The first kappa shape index (κ1) is 28.3. The van der Waals surface area contributed by atoms with E-state index in [2.05, 4.69) is 0 Å². The fraction of sp³-hybridized carbons (Fsp3) is 0.367. The van der Waals surface area contributed by atoms with Crippen LogP contribution in [0.1, 0.15) is 34.3 Å². The van der Waals surface area contributed by atoms with Crippen molar-refractivity contribution >= 4 is 17.5 Å². The Morgan fingerprint density at radius 3 is 2.32 bits per heavy atom. The van der Waals surface area contributed by atoms with Crippen LogP contribution in [-0.2, 0) is 16.0 Å². The Bertz CT molecular complexity index is 1510. The highest BCUT2D eigenvalue weighted by atomic mass is 16.5. The van der Waals surface area contributed by atoms with Gasteiger partial charge < -0.3 is 36.0 Å². The van der Waals surface area contributed by atoms with E-state index < -0.39 is 75.6 Å². The molecule has 6 unspecified atom stereocenters. The van der Waals surface area contributed by atoms with Gasteiger partial charge in [-0.15, -0.1) is 0 Å². The number of phenols is 1. The Balaban J connectivity index is 1.75. The van der Waals surface area contributed by atoms with Crippen LogP contribution in [0.25, 0.3) is 0 Å². The van der Waals surface area contributed by atoms with Gasteiger partial charge in [-0.1, -0.05) is 24.3 Å². The van der Waals surface area contributed by atoms with Crippen molar-refractivity contribution in [3.05, 3.63) is 81.8 Å². The number of nitrogens with two attached hydrogens (primary N) is 1. The summed E-state index contributed by atoms with van der Waals surface area (Å²) in [5, 5.41) is 57.1. The molecule has 0 saturated heterocycles. The third kappa shape index (κ3) is 4.03. The van der Waals surface area contributed by atoms with Crippen LogP contribution in [0, 0.1) is 11.8 Å². The maximum absolute atomic E-state index is 13.9. The molecule has 6 atom stereocenters. The summed E-state index contributed by atoms with van der Waals surface area (Å²) in [6.07, 6.45) is -1.44. The molecule has 0 aromatic heterocycles. The lowest BCUT2D eigenvalue weighted by molar-refractivity contribution is -0.162. The number of ketones is 2. The number of rotatable bonds is 6. The third-order valence-corrected chi connectivity index (χ3v) is 8.49. The predicted molar refractivity (Wildman–Crippen MR) is 145 cm³/mol. The van der Waals surface area contributed by atoms with Crippen molar-refractivity contribution in [2.24, 2.45) is 17.6 Å². The number of ether oxygens (including phenoxy) is 1. The summed E-state index contributed by atoms with van der Waals surface area (Å²) < 4.78 is 5.52. The highest BCUT2D eigenvalue weighted by molar-refractivity contribution is 6.25. The number of aliphatic hydroxyl groups is 4. The molecule has 0 bridgehead atoms. The number of carbonyl (C=O) groups is 3. The van der Waals surface area contributed by atoms with Gasteiger partial charge >= 0.3 is 0 Å². The van der Waals surface area contributed by atoms with Gasteiger partial charge in [-0.2, -0.15) is 0 Å². The molecule has 2 aromatic rings. The molecule has 5 rings (SSSR count). The second kappa shape index (κ2) is 10.0. The van der Waals surface area contributed by atoms with Crippen molar-refractivity contribution in [1.82, 2.24) is 4.90 Å². The summed E-state index contributed by atoms with van der Waals surface area (Å²) in [5.41, 5.74) is 2.11. The van der Waals surface area contributed by atoms with E-state index in [0.717, 1.165) is 5.56 Å². The first-order valence-electron chi connectivity index (χ1n) is 13.2. The summed E-state index contributed by atoms with van der Waals surface area (Å²) >= 11 is 0. The molecule has 2 aromatic carbocycles. The van der Waals surface area contributed by atoms with Crippen LogP contribution in [-0.4, -0.2) is 86.4 Å². The van der Waals surface area contributed by atoms with E-state index >= 15 is 0 Å². The Hall–Kier alpha value is -4.19. The maximum Gasteiger partial charge on any atom is 0.255 e. The van der Waals surface area contributed by atoms with E-state index in [-0.39, 0.29) is 17.7 Å². The van der Waals surface area contributed by atoms with Crippen molar-refractivity contribution in [2.75, 3.05) is 20.7 Å². The number of Topliss-reactive ketones (excluding diaryl/α,β-unsaturated/α-hetero) is 2. The molecule has 0 aliphatic heterocycles.